The standard InChI is InChI=1S/C16H21N5O4S2/c1-12(26-16-19-17-11-20(16)2)15(22)18-13-3-5-14(6-4-13)27(23,24)21-7-9-25-10-8-21/h3-6,11-12H,7-10H2,1-2H3,(H,18,22). The summed E-state index contributed by atoms with van der Waals surface area (Å²) in [5, 5.41) is 10.8. The molecule has 0 radical (unpaired) electrons. The number of carbonyl (C=O) groups excluding carboxylic acids is 1. The lowest BCUT2D eigenvalue weighted by Gasteiger charge is -2.26. The van der Waals surface area contributed by atoms with Crippen LogP contribution in [-0.4, -0.2) is 64.9 Å². The minimum atomic E-state index is -3.54. The fraction of sp³-hybridized carbons (Fsp3) is 0.438. The van der Waals surface area contributed by atoms with Crippen LogP contribution in [0.1, 0.15) is 6.92 Å². The quantitative estimate of drug-likeness (QED) is 0.706. The van der Waals surface area contributed by atoms with Gasteiger partial charge in [0, 0.05) is 25.8 Å². The molecular weight excluding hydrogens is 390 g/mol. The molecule has 1 fully saturated rings. The largest absolute Gasteiger partial charge is 0.379 e. The van der Waals surface area contributed by atoms with Crippen LogP contribution in [0.2, 0.25) is 0 Å². The van der Waals surface area contributed by atoms with Gasteiger partial charge in [0.25, 0.3) is 0 Å². The molecule has 1 aromatic heterocycles. The highest BCUT2D eigenvalue weighted by molar-refractivity contribution is 8.00. The molecule has 2 aromatic rings. The zero-order valence-corrected chi connectivity index (χ0v) is 16.7. The normalized spacial score (nSPS) is 16.8. The lowest BCUT2D eigenvalue weighted by atomic mass is 10.3. The number of hydrogen-bond donors (Lipinski definition) is 1. The van der Waals surface area contributed by atoms with Crippen LogP contribution in [-0.2, 0) is 26.6 Å². The van der Waals surface area contributed by atoms with Crippen molar-refractivity contribution in [2.45, 2.75) is 22.2 Å². The van der Waals surface area contributed by atoms with E-state index in [2.05, 4.69) is 15.5 Å². The number of anilines is 1. The maximum Gasteiger partial charge on any atom is 0.243 e. The Labute approximate surface area is 162 Å². The second kappa shape index (κ2) is 8.38. The van der Waals surface area contributed by atoms with Gasteiger partial charge < -0.3 is 14.6 Å². The van der Waals surface area contributed by atoms with Gasteiger partial charge in [-0.05, 0) is 31.2 Å². The molecule has 9 nitrogen and oxygen atoms in total. The third kappa shape index (κ3) is 4.67. The molecule has 27 heavy (non-hydrogen) atoms. The van der Waals surface area contributed by atoms with E-state index in [1.807, 2.05) is 0 Å². The van der Waals surface area contributed by atoms with Crippen LogP contribution >= 0.6 is 11.8 Å². The topological polar surface area (TPSA) is 106 Å². The van der Waals surface area contributed by atoms with Gasteiger partial charge in [-0.1, -0.05) is 11.8 Å². The third-order valence-corrected chi connectivity index (χ3v) is 7.11. The molecule has 11 heteroatoms. The van der Waals surface area contributed by atoms with E-state index in [1.165, 1.54) is 28.2 Å². The molecule has 2 heterocycles. The summed E-state index contributed by atoms with van der Waals surface area (Å²) in [5.41, 5.74) is 0.534. The summed E-state index contributed by atoms with van der Waals surface area (Å²) in [6.07, 6.45) is 1.57. The average Bonchev–Trinajstić information content (AvgIpc) is 3.07. The minimum Gasteiger partial charge on any atom is -0.379 e. The Balaban J connectivity index is 1.63. The molecule has 0 aliphatic carbocycles. The third-order valence-electron chi connectivity index (χ3n) is 4.05. The molecule has 0 saturated carbocycles. The number of hydrogen-bond acceptors (Lipinski definition) is 7. The van der Waals surface area contributed by atoms with Crippen LogP contribution in [0, 0.1) is 0 Å². The number of thioether (sulfide) groups is 1. The monoisotopic (exact) mass is 411 g/mol. The molecule has 3 rings (SSSR count). The van der Waals surface area contributed by atoms with Crippen molar-refractivity contribution < 1.29 is 17.9 Å². The first-order valence-electron chi connectivity index (χ1n) is 8.37. The minimum absolute atomic E-state index is 0.198. The Hall–Kier alpha value is -1.95. The van der Waals surface area contributed by atoms with Gasteiger partial charge in [0.2, 0.25) is 15.9 Å². The molecule has 1 amide bonds. The van der Waals surface area contributed by atoms with Crippen LogP contribution in [0.4, 0.5) is 5.69 Å². The summed E-state index contributed by atoms with van der Waals surface area (Å²) in [7, 11) is -1.74. The van der Waals surface area contributed by atoms with E-state index in [1.54, 1.807) is 37.0 Å². The molecule has 1 atom stereocenters. The van der Waals surface area contributed by atoms with Crippen LogP contribution < -0.4 is 5.32 Å². The Bertz CT molecular complexity index is 892. The molecule has 1 N–H and O–H groups in total. The number of sulfonamides is 1. The van der Waals surface area contributed by atoms with Crippen molar-refractivity contribution in [3.8, 4) is 0 Å². The highest BCUT2D eigenvalue weighted by Crippen LogP contribution is 2.23. The van der Waals surface area contributed by atoms with Gasteiger partial charge in [0.15, 0.2) is 5.16 Å². The van der Waals surface area contributed by atoms with Crippen LogP contribution in [0.25, 0.3) is 0 Å². The van der Waals surface area contributed by atoms with Crippen molar-refractivity contribution in [2.75, 3.05) is 31.6 Å². The molecule has 1 aliphatic heterocycles. The van der Waals surface area contributed by atoms with Gasteiger partial charge >= 0.3 is 0 Å². The van der Waals surface area contributed by atoms with Crippen molar-refractivity contribution in [1.29, 1.82) is 0 Å². The highest BCUT2D eigenvalue weighted by atomic mass is 32.2. The molecule has 146 valence electrons. The summed E-state index contributed by atoms with van der Waals surface area (Å²) in [5.74, 6) is -0.202. The first-order chi connectivity index (χ1) is 12.9. The Kier molecular flexibility index (Phi) is 6.15. The number of amides is 1. The predicted octanol–water partition coefficient (Wildman–Crippen LogP) is 0.955. The zero-order valence-electron chi connectivity index (χ0n) is 15.0. The van der Waals surface area contributed by atoms with Gasteiger partial charge in [0.05, 0.1) is 23.4 Å². The lowest BCUT2D eigenvalue weighted by molar-refractivity contribution is -0.115. The fourth-order valence-corrected chi connectivity index (χ4v) is 4.68. The molecule has 1 aliphatic rings. The highest BCUT2D eigenvalue weighted by Gasteiger charge is 2.26. The maximum absolute atomic E-state index is 12.6. The molecular formula is C16H21N5O4S2. The first kappa shape index (κ1) is 19.8. The Morgan fingerprint density at radius 2 is 1.93 bits per heavy atom. The second-order valence-electron chi connectivity index (χ2n) is 6.01. The SMILES string of the molecule is CC(Sc1nncn1C)C(=O)Nc1ccc(S(=O)(=O)N2CCOCC2)cc1. The van der Waals surface area contributed by atoms with Crippen molar-refractivity contribution >= 4 is 33.4 Å². The first-order valence-corrected chi connectivity index (χ1v) is 10.7. The van der Waals surface area contributed by atoms with Crippen molar-refractivity contribution in [1.82, 2.24) is 19.1 Å². The summed E-state index contributed by atoms with van der Waals surface area (Å²) in [4.78, 5) is 12.5. The molecule has 1 aromatic carbocycles. The van der Waals surface area contributed by atoms with Crippen LogP contribution in [0.3, 0.4) is 0 Å². The number of morpholine rings is 1. The van der Waals surface area contributed by atoms with Crippen LogP contribution in [0.15, 0.2) is 40.6 Å². The van der Waals surface area contributed by atoms with Gasteiger partial charge in [-0.15, -0.1) is 10.2 Å². The number of rotatable bonds is 6. The number of nitrogens with one attached hydrogen (secondary N) is 1. The summed E-state index contributed by atoms with van der Waals surface area (Å²) < 4.78 is 33.5. The molecule has 0 bridgehead atoms. The lowest BCUT2D eigenvalue weighted by Crippen LogP contribution is -2.40. The number of aromatic nitrogens is 3. The van der Waals surface area contributed by atoms with Crippen molar-refractivity contribution in [3.05, 3.63) is 30.6 Å². The second-order valence-corrected chi connectivity index (χ2v) is 9.26. The van der Waals surface area contributed by atoms with E-state index in [0.717, 1.165) is 0 Å². The van der Waals surface area contributed by atoms with E-state index in [0.29, 0.717) is 37.1 Å². The van der Waals surface area contributed by atoms with Crippen molar-refractivity contribution in [3.63, 3.8) is 0 Å². The van der Waals surface area contributed by atoms with Gasteiger partial charge in [-0.3, -0.25) is 4.79 Å². The Morgan fingerprint density at radius 1 is 1.26 bits per heavy atom. The fourth-order valence-electron chi connectivity index (χ4n) is 2.48. The zero-order chi connectivity index (χ0) is 19.4. The molecule has 1 unspecified atom stereocenters. The molecule has 1 saturated heterocycles. The van der Waals surface area contributed by atoms with Crippen molar-refractivity contribution in [2.24, 2.45) is 7.05 Å². The van der Waals surface area contributed by atoms with E-state index < -0.39 is 10.0 Å². The Morgan fingerprint density at radius 3 is 2.52 bits per heavy atom. The van der Waals surface area contributed by atoms with E-state index in [9.17, 15) is 13.2 Å². The van der Waals surface area contributed by atoms with Crippen LogP contribution in [0.5, 0.6) is 0 Å². The van der Waals surface area contributed by atoms with E-state index in [-0.39, 0.29) is 16.1 Å². The number of ether oxygens (including phenoxy) is 1. The van der Waals surface area contributed by atoms with E-state index in [4.69, 9.17) is 4.74 Å². The summed E-state index contributed by atoms with van der Waals surface area (Å²) in [6, 6.07) is 6.18. The maximum atomic E-state index is 12.6. The summed E-state index contributed by atoms with van der Waals surface area (Å²) in [6.45, 7) is 3.25. The average molecular weight is 412 g/mol. The van der Waals surface area contributed by atoms with Gasteiger partial charge in [0.1, 0.15) is 6.33 Å². The number of aryl methyl sites for hydroxylation is 1. The number of carbonyl (C=O) groups is 1. The number of benzene rings is 1. The summed E-state index contributed by atoms with van der Waals surface area (Å²) >= 11 is 1.29. The van der Waals surface area contributed by atoms with E-state index >= 15 is 0 Å². The smallest absolute Gasteiger partial charge is 0.243 e. The van der Waals surface area contributed by atoms with Gasteiger partial charge in [-0.2, -0.15) is 4.31 Å². The number of nitrogens with zero attached hydrogens (tertiary/aromatic N) is 4. The molecule has 0 spiro atoms. The predicted molar refractivity (Wildman–Crippen MR) is 101 cm³/mol. The van der Waals surface area contributed by atoms with Gasteiger partial charge in [-0.25, -0.2) is 8.42 Å².